The molecule has 7 heteroatoms. The average Bonchev–Trinajstić information content (AvgIpc) is 2.84. The lowest BCUT2D eigenvalue weighted by atomic mass is 9.76. The summed E-state index contributed by atoms with van der Waals surface area (Å²) in [5.74, 6) is 0.0655. The van der Waals surface area contributed by atoms with Crippen LogP contribution in [-0.4, -0.2) is 34.3 Å². The number of halogens is 1. The first-order valence-corrected chi connectivity index (χ1v) is 9.21. The molecule has 1 spiro atoms. The van der Waals surface area contributed by atoms with Crippen molar-refractivity contribution in [2.45, 2.75) is 45.6 Å². The van der Waals surface area contributed by atoms with Crippen LogP contribution in [0.25, 0.3) is 0 Å². The van der Waals surface area contributed by atoms with Crippen LogP contribution < -0.4 is 5.32 Å². The Morgan fingerprint density at radius 2 is 2.00 bits per heavy atom. The Morgan fingerprint density at radius 3 is 2.59 bits per heavy atom. The predicted molar refractivity (Wildman–Crippen MR) is 89.7 cm³/mol. The van der Waals surface area contributed by atoms with E-state index in [-0.39, 0.29) is 21.0 Å². The molecule has 3 aliphatic rings. The van der Waals surface area contributed by atoms with Crippen molar-refractivity contribution in [1.29, 1.82) is 0 Å². The molecule has 1 atom stereocenters. The maximum absolute atomic E-state index is 12.8. The Kier molecular flexibility index (Phi) is 3.90. The van der Waals surface area contributed by atoms with Gasteiger partial charge in [-0.3, -0.25) is 4.79 Å². The van der Waals surface area contributed by atoms with Crippen LogP contribution in [0, 0.1) is 5.41 Å². The molecule has 5 nitrogen and oxygen atoms in total. The number of carbonyl (C=O) groups excluding carboxylic acids is 2. The van der Waals surface area contributed by atoms with Gasteiger partial charge < -0.3 is 10.1 Å². The number of aliphatic imine (C=N–C) groups is 1. The molecule has 0 saturated carbocycles. The minimum absolute atomic E-state index is 0.0655. The molecule has 1 N–H and O–H groups in total. The zero-order chi connectivity index (χ0) is 16.1. The van der Waals surface area contributed by atoms with Crippen LogP contribution in [0.5, 0.6) is 0 Å². The van der Waals surface area contributed by atoms with E-state index in [1.807, 2.05) is 20.8 Å². The van der Waals surface area contributed by atoms with Crippen molar-refractivity contribution < 1.29 is 14.3 Å². The normalized spacial score (nSPS) is 28.8. The number of nitrogens with one attached hydrogen (secondary N) is 1. The molecule has 1 saturated heterocycles. The molecule has 0 radical (unpaired) electrons. The van der Waals surface area contributed by atoms with Crippen LogP contribution in [0.15, 0.2) is 15.6 Å². The molecule has 0 amide bonds. The van der Waals surface area contributed by atoms with Crippen LogP contribution in [0.2, 0.25) is 0 Å². The Bertz CT molecular complexity index is 600. The second-order valence-electron chi connectivity index (χ2n) is 7.03. The van der Waals surface area contributed by atoms with Crippen molar-refractivity contribution in [3.8, 4) is 0 Å². The quantitative estimate of drug-likeness (QED) is 0.523. The zero-order valence-electron chi connectivity index (χ0n) is 13.0. The highest BCUT2D eigenvalue weighted by atomic mass is 35.5. The van der Waals surface area contributed by atoms with E-state index >= 15 is 0 Å². The number of allylic oxidation sites excluding steroid dienone is 2. The van der Waals surface area contributed by atoms with Crippen molar-refractivity contribution in [2.75, 3.05) is 13.1 Å². The van der Waals surface area contributed by atoms with Gasteiger partial charge in [0.05, 0.1) is 0 Å². The summed E-state index contributed by atoms with van der Waals surface area (Å²) in [6.07, 6.45) is 2.19. The van der Waals surface area contributed by atoms with E-state index in [1.54, 1.807) is 0 Å². The minimum atomic E-state index is -1.46. The molecule has 0 aromatic carbocycles. The van der Waals surface area contributed by atoms with Gasteiger partial charge in [0.2, 0.25) is 0 Å². The van der Waals surface area contributed by atoms with E-state index in [9.17, 15) is 9.59 Å². The number of ether oxygens (including phenoxy) is 1. The number of carbonyl (C=O) groups is 2. The Morgan fingerprint density at radius 1 is 1.36 bits per heavy atom. The van der Waals surface area contributed by atoms with Gasteiger partial charge in [0.1, 0.15) is 11.3 Å². The maximum atomic E-state index is 12.8. The van der Waals surface area contributed by atoms with Crippen LogP contribution in [0.3, 0.4) is 0 Å². The molecule has 122 valence electrons. The van der Waals surface area contributed by atoms with Crippen molar-refractivity contribution in [3.05, 3.63) is 10.6 Å². The number of Topliss-reactive ketones (excluding diaryl/α,β-unsaturated/α-hetero) is 1. The largest absolute Gasteiger partial charge is 0.453 e. The number of nitrogens with zero attached hydrogens (tertiary/aromatic N) is 1. The van der Waals surface area contributed by atoms with E-state index in [4.69, 9.17) is 16.3 Å². The van der Waals surface area contributed by atoms with Crippen molar-refractivity contribution in [2.24, 2.45) is 10.4 Å². The third-order valence-corrected chi connectivity index (χ3v) is 6.70. The third-order valence-electron chi connectivity index (χ3n) is 4.27. The van der Waals surface area contributed by atoms with Crippen molar-refractivity contribution in [1.82, 2.24) is 5.32 Å². The average molecular weight is 345 g/mol. The zero-order valence-corrected chi connectivity index (χ0v) is 14.7. The molecule has 0 aromatic rings. The molecule has 1 unspecified atom stereocenters. The van der Waals surface area contributed by atoms with E-state index in [1.165, 1.54) is 0 Å². The fourth-order valence-electron chi connectivity index (χ4n) is 3.22. The van der Waals surface area contributed by atoms with Crippen LogP contribution in [0.4, 0.5) is 4.79 Å². The highest BCUT2D eigenvalue weighted by Crippen LogP contribution is 2.59. The van der Waals surface area contributed by atoms with Crippen LogP contribution in [-0.2, 0) is 9.53 Å². The summed E-state index contributed by atoms with van der Waals surface area (Å²) in [4.78, 5) is 30.3. The van der Waals surface area contributed by atoms with Gasteiger partial charge in [0.25, 0.3) is 0 Å². The lowest BCUT2D eigenvalue weighted by Crippen LogP contribution is -2.40. The summed E-state index contributed by atoms with van der Waals surface area (Å²) < 4.78 is 5.71. The van der Waals surface area contributed by atoms with E-state index in [2.05, 4.69) is 10.3 Å². The van der Waals surface area contributed by atoms with E-state index in [0.29, 0.717) is 12.1 Å². The molecule has 1 aliphatic carbocycles. The van der Waals surface area contributed by atoms with Gasteiger partial charge in [0, 0.05) is 10.3 Å². The van der Waals surface area contributed by atoms with Gasteiger partial charge in [-0.05, 0) is 53.1 Å². The topological polar surface area (TPSA) is 67.8 Å². The summed E-state index contributed by atoms with van der Waals surface area (Å²) in [5, 5.41) is 2.93. The first kappa shape index (κ1) is 16.0. The molecule has 1 fully saturated rings. The van der Waals surface area contributed by atoms with Gasteiger partial charge in [0.15, 0.2) is 10.3 Å². The van der Waals surface area contributed by atoms with E-state index < -0.39 is 16.5 Å². The SMILES string of the molecule is CC(C)(C)OC(=O)[SH]1C(Cl)=NC2=C1CC1(CCNCC1)C2=O. The van der Waals surface area contributed by atoms with Gasteiger partial charge in [-0.15, -0.1) is 0 Å². The monoisotopic (exact) mass is 344 g/mol. The minimum Gasteiger partial charge on any atom is -0.453 e. The molecule has 2 aliphatic heterocycles. The highest BCUT2D eigenvalue weighted by Gasteiger charge is 2.52. The maximum Gasteiger partial charge on any atom is 0.357 e. The summed E-state index contributed by atoms with van der Waals surface area (Å²) in [6, 6.07) is 0. The van der Waals surface area contributed by atoms with Crippen LogP contribution in [0.1, 0.15) is 40.0 Å². The number of hydrogen-bond donors (Lipinski definition) is 2. The third kappa shape index (κ3) is 2.61. The van der Waals surface area contributed by atoms with Gasteiger partial charge >= 0.3 is 5.30 Å². The van der Waals surface area contributed by atoms with Crippen molar-refractivity contribution in [3.63, 3.8) is 0 Å². The van der Waals surface area contributed by atoms with Crippen LogP contribution >= 0.6 is 22.5 Å². The molecular weight excluding hydrogens is 324 g/mol. The molecule has 0 aromatic heterocycles. The predicted octanol–water partition coefficient (Wildman–Crippen LogP) is 3.09. The second-order valence-corrected chi connectivity index (χ2v) is 9.65. The second kappa shape index (κ2) is 5.35. The number of rotatable bonds is 0. The molecule has 2 heterocycles. The number of ketones is 1. The summed E-state index contributed by atoms with van der Waals surface area (Å²) in [7, 11) is -1.46. The summed E-state index contributed by atoms with van der Waals surface area (Å²) in [6.45, 7) is 7.13. The molecule has 0 bridgehead atoms. The fourth-order valence-corrected chi connectivity index (χ4v) is 5.80. The first-order chi connectivity index (χ1) is 10.2. The first-order valence-electron chi connectivity index (χ1n) is 7.49. The summed E-state index contributed by atoms with van der Waals surface area (Å²) >= 11 is 6.17. The molecular formula is C15H21ClN2O3S. The van der Waals surface area contributed by atoms with Gasteiger partial charge in [-0.25, -0.2) is 9.79 Å². The lowest BCUT2D eigenvalue weighted by molar-refractivity contribution is -0.125. The molecule has 3 rings (SSSR count). The Hall–Kier alpha value is -0.850. The standard InChI is InChI=1S/C15H21ClN2O3S/c1-14(2,3)21-13(20)22-9-8-15(4-6-17-7-5-15)11(19)10(9)18-12(22)16/h17,22H,4-8H2,1-3H3. The van der Waals surface area contributed by atoms with Gasteiger partial charge in [-0.1, -0.05) is 22.5 Å². The molecule has 22 heavy (non-hydrogen) atoms. The number of piperidine rings is 1. The smallest absolute Gasteiger partial charge is 0.357 e. The fraction of sp³-hybridized carbons (Fsp3) is 0.667. The lowest BCUT2D eigenvalue weighted by Gasteiger charge is -2.33. The van der Waals surface area contributed by atoms with E-state index in [0.717, 1.165) is 30.8 Å². The number of thiol groups is 1. The highest BCUT2D eigenvalue weighted by molar-refractivity contribution is 8.45. The van der Waals surface area contributed by atoms with Crippen molar-refractivity contribution >= 4 is 38.1 Å². The summed E-state index contributed by atoms with van der Waals surface area (Å²) in [5.41, 5.74) is -0.516. The number of hydrogen-bond acceptors (Lipinski definition) is 5. The Labute approximate surface area is 137 Å². The Balaban J connectivity index is 1.87. The van der Waals surface area contributed by atoms with Gasteiger partial charge in [-0.2, -0.15) is 0 Å².